The number of para-hydroxylation sites is 1. The average Bonchev–Trinajstić information content (AvgIpc) is 3.66. The summed E-state index contributed by atoms with van der Waals surface area (Å²) in [4.78, 5) is 2.38. The van der Waals surface area contributed by atoms with Crippen molar-refractivity contribution in [2.24, 2.45) is 0 Å². The van der Waals surface area contributed by atoms with Crippen LogP contribution in [-0.2, 0) is 6.42 Å². The fourth-order valence-corrected chi connectivity index (χ4v) is 8.87. The van der Waals surface area contributed by atoms with Gasteiger partial charge in [0.25, 0.3) is 0 Å². The Labute approximate surface area is 326 Å². The van der Waals surface area contributed by atoms with Gasteiger partial charge in [0, 0.05) is 27.8 Å². The van der Waals surface area contributed by atoms with Crippen LogP contribution in [0.15, 0.2) is 199 Å². The molecule has 0 fully saturated rings. The number of hydrogen-bond acceptors (Lipinski definition) is 2. The van der Waals surface area contributed by atoms with Crippen LogP contribution >= 0.6 is 0 Å². The van der Waals surface area contributed by atoms with Gasteiger partial charge in [0.15, 0.2) is 0 Å². The topological polar surface area (TPSA) is 16.4 Å². The van der Waals surface area contributed by atoms with Crippen LogP contribution in [0.5, 0.6) is 0 Å². The maximum absolute atomic E-state index is 6.25. The van der Waals surface area contributed by atoms with E-state index >= 15 is 0 Å². The van der Waals surface area contributed by atoms with Gasteiger partial charge >= 0.3 is 0 Å². The Balaban J connectivity index is 1.04. The minimum Gasteiger partial charge on any atom is -0.456 e. The third-order valence-electron chi connectivity index (χ3n) is 11.5. The first-order valence-electron chi connectivity index (χ1n) is 19.5. The molecule has 0 spiro atoms. The van der Waals surface area contributed by atoms with Gasteiger partial charge in [0.1, 0.15) is 11.2 Å². The Morgan fingerprint density at radius 2 is 1.05 bits per heavy atom. The Morgan fingerprint density at radius 3 is 1.88 bits per heavy atom. The summed E-state index contributed by atoms with van der Waals surface area (Å²) in [6.45, 7) is 0. The number of furan rings is 1. The number of benzene rings is 9. The van der Waals surface area contributed by atoms with Crippen molar-refractivity contribution in [3.8, 4) is 33.4 Å². The van der Waals surface area contributed by atoms with Gasteiger partial charge in [-0.2, -0.15) is 0 Å². The molecule has 264 valence electrons. The molecule has 0 saturated carbocycles. The number of hydrogen-bond donors (Lipinski definition) is 0. The molecule has 10 aromatic rings. The summed E-state index contributed by atoms with van der Waals surface area (Å²) in [6.07, 6.45) is 6.78. The summed E-state index contributed by atoms with van der Waals surface area (Å²) in [5, 5.41) is 7.36. The highest BCUT2D eigenvalue weighted by molar-refractivity contribution is 6.14. The van der Waals surface area contributed by atoms with Crippen molar-refractivity contribution in [1.82, 2.24) is 0 Å². The summed E-state index contributed by atoms with van der Waals surface area (Å²) in [6, 6.07) is 68.3. The van der Waals surface area contributed by atoms with Crippen LogP contribution in [-0.4, -0.2) is 0 Å². The minimum absolute atomic E-state index is 0.906. The Hall–Kier alpha value is -7.16. The molecule has 0 unspecified atom stereocenters. The zero-order valence-corrected chi connectivity index (χ0v) is 30.8. The lowest BCUT2D eigenvalue weighted by atomic mass is 9.90. The van der Waals surface area contributed by atoms with Gasteiger partial charge in [0.2, 0.25) is 0 Å². The summed E-state index contributed by atoms with van der Waals surface area (Å²) < 4.78 is 6.25. The highest BCUT2D eigenvalue weighted by Crippen LogP contribution is 2.42. The van der Waals surface area contributed by atoms with Gasteiger partial charge in [-0.25, -0.2) is 0 Å². The van der Waals surface area contributed by atoms with E-state index in [0.717, 1.165) is 57.4 Å². The number of rotatable bonds is 6. The predicted octanol–water partition coefficient (Wildman–Crippen LogP) is 15.3. The van der Waals surface area contributed by atoms with Crippen molar-refractivity contribution in [2.75, 3.05) is 4.90 Å². The number of nitrogens with zero attached hydrogens (tertiary/aromatic N) is 1. The minimum atomic E-state index is 0.906. The second kappa shape index (κ2) is 13.3. The Bertz CT molecular complexity index is 3130. The molecule has 56 heavy (non-hydrogen) atoms. The highest BCUT2D eigenvalue weighted by Gasteiger charge is 2.18. The van der Waals surface area contributed by atoms with Crippen LogP contribution in [0.1, 0.15) is 17.5 Å². The van der Waals surface area contributed by atoms with Crippen molar-refractivity contribution in [2.45, 2.75) is 12.8 Å². The molecule has 2 nitrogen and oxygen atoms in total. The van der Waals surface area contributed by atoms with Gasteiger partial charge in [-0.3, -0.25) is 0 Å². The van der Waals surface area contributed by atoms with Crippen LogP contribution in [0.3, 0.4) is 0 Å². The molecule has 0 N–H and O–H groups in total. The Morgan fingerprint density at radius 1 is 0.411 bits per heavy atom. The zero-order valence-electron chi connectivity index (χ0n) is 30.8. The number of fused-ring (bicyclic) bond motifs is 7. The van der Waals surface area contributed by atoms with Crippen molar-refractivity contribution in [1.29, 1.82) is 0 Å². The van der Waals surface area contributed by atoms with E-state index in [0.29, 0.717) is 0 Å². The quantitative estimate of drug-likeness (QED) is 0.159. The molecule has 1 aliphatic rings. The van der Waals surface area contributed by atoms with E-state index in [9.17, 15) is 0 Å². The molecule has 9 aromatic carbocycles. The molecule has 0 radical (unpaired) electrons. The first kappa shape index (κ1) is 32.3. The smallest absolute Gasteiger partial charge is 0.136 e. The summed E-state index contributed by atoms with van der Waals surface area (Å²) in [5.74, 6) is 0. The maximum atomic E-state index is 6.25. The highest BCUT2D eigenvalue weighted by atomic mass is 16.3. The van der Waals surface area contributed by atoms with Crippen molar-refractivity contribution in [3.05, 3.63) is 205 Å². The average molecular weight is 716 g/mol. The van der Waals surface area contributed by atoms with Crippen molar-refractivity contribution < 1.29 is 4.42 Å². The molecule has 1 aliphatic carbocycles. The molecule has 0 atom stereocenters. The van der Waals surface area contributed by atoms with E-state index in [1.807, 2.05) is 12.1 Å². The largest absolute Gasteiger partial charge is 0.456 e. The van der Waals surface area contributed by atoms with Crippen molar-refractivity contribution >= 4 is 66.6 Å². The van der Waals surface area contributed by atoms with Gasteiger partial charge in [-0.05, 0) is 133 Å². The van der Waals surface area contributed by atoms with Crippen LogP contribution in [0.25, 0.3) is 82.9 Å². The first-order chi connectivity index (χ1) is 27.8. The van der Waals surface area contributed by atoms with E-state index in [4.69, 9.17) is 4.42 Å². The maximum Gasteiger partial charge on any atom is 0.136 e. The Kier molecular flexibility index (Phi) is 7.67. The van der Waals surface area contributed by atoms with E-state index in [2.05, 4.69) is 193 Å². The van der Waals surface area contributed by atoms with E-state index in [1.54, 1.807) is 0 Å². The number of anilines is 3. The van der Waals surface area contributed by atoms with Crippen LogP contribution in [0, 0.1) is 0 Å². The molecule has 0 saturated heterocycles. The molecule has 0 amide bonds. The number of aryl methyl sites for hydroxylation is 1. The summed E-state index contributed by atoms with van der Waals surface area (Å²) >= 11 is 0. The zero-order chi connectivity index (χ0) is 37.0. The molecule has 1 aromatic heterocycles. The summed E-state index contributed by atoms with van der Waals surface area (Å²) in [5.41, 5.74) is 15.1. The van der Waals surface area contributed by atoms with Gasteiger partial charge in [-0.1, -0.05) is 146 Å². The molecule has 11 rings (SSSR count). The van der Waals surface area contributed by atoms with Gasteiger partial charge in [-0.15, -0.1) is 0 Å². The van der Waals surface area contributed by atoms with E-state index in [-0.39, 0.29) is 0 Å². The monoisotopic (exact) mass is 715 g/mol. The SMILES string of the molecule is C1=Cc2c(cccc2-c2cccc(N(c3ccc(-c4cc5ccccc5c5ccccc45)cc3)c3ccc(-c4cccc5oc6ccccc6c45)cc3)c2)CC1. The third-order valence-corrected chi connectivity index (χ3v) is 11.5. The van der Waals surface area contributed by atoms with Crippen molar-refractivity contribution in [3.63, 3.8) is 0 Å². The summed E-state index contributed by atoms with van der Waals surface area (Å²) in [7, 11) is 0. The van der Waals surface area contributed by atoms with Gasteiger partial charge < -0.3 is 9.32 Å². The fraction of sp³-hybridized carbons (Fsp3) is 0.0370. The molecule has 0 bridgehead atoms. The fourth-order valence-electron chi connectivity index (χ4n) is 8.87. The third kappa shape index (κ3) is 5.41. The van der Waals surface area contributed by atoms with Crippen LogP contribution < -0.4 is 4.90 Å². The van der Waals surface area contributed by atoms with Crippen LogP contribution in [0.4, 0.5) is 17.1 Å². The van der Waals surface area contributed by atoms with E-state index < -0.39 is 0 Å². The second-order valence-electron chi connectivity index (χ2n) is 14.8. The standard InChI is InChI=1S/C54H37NO/c1-3-17-44-36(12-1)14-10-22-45(44)39-15-9-16-43(34-39)55(41-30-26-37(27-31-41)47-23-11-25-53-54(47)50-21-7-8-24-52(50)56-53)42-32-28-38(29-33-42)51-35-40-13-2-4-18-46(40)48-19-5-6-20-49(48)51/h2-11,13-35H,1,12H2. The normalized spacial score (nSPS) is 12.4. The molecular weight excluding hydrogens is 679 g/mol. The second-order valence-corrected chi connectivity index (χ2v) is 14.8. The van der Waals surface area contributed by atoms with E-state index in [1.165, 1.54) is 60.5 Å². The predicted molar refractivity (Wildman–Crippen MR) is 237 cm³/mol. The molecule has 0 aliphatic heterocycles. The molecule has 1 heterocycles. The number of allylic oxidation sites excluding steroid dienone is 1. The van der Waals surface area contributed by atoms with Crippen LogP contribution in [0.2, 0.25) is 0 Å². The lowest BCUT2D eigenvalue weighted by Crippen LogP contribution is -2.10. The first-order valence-corrected chi connectivity index (χ1v) is 19.5. The molecule has 2 heteroatoms. The lowest BCUT2D eigenvalue weighted by molar-refractivity contribution is 0.669. The van der Waals surface area contributed by atoms with Gasteiger partial charge in [0.05, 0.1) is 0 Å². The lowest BCUT2D eigenvalue weighted by Gasteiger charge is -2.27. The molecular formula is C54H37NO.